The fraction of sp³-hybridized carbons (Fsp3) is 0.800. The summed E-state index contributed by atoms with van der Waals surface area (Å²) in [5, 5.41) is 8.78. The van der Waals surface area contributed by atoms with Crippen molar-refractivity contribution in [1.82, 2.24) is 0 Å². The smallest absolute Gasteiger partial charge is 0.333 e. The van der Waals surface area contributed by atoms with Crippen LogP contribution in [0.25, 0.3) is 0 Å². The highest BCUT2D eigenvalue weighted by Crippen LogP contribution is 2.08. The largest absolute Gasteiger partial charge is 0.479 e. The average molecular weight is 202 g/mol. The van der Waals surface area contributed by atoms with Gasteiger partial charge in [0.25, 0.3) is 0 Å². The fourth-order valence-electron chi connectivity index (χ4n) is 0.941. The van der Waals surface area contributed by atoms with Gasteiger partial charge in [-0.1, -0.05) is 13.8 Å². The van der Waals surface area contributed by atoms with Crippen LogP contribution >= 0.6 is 0 Å². The van der Waals surface area contributed by atoms with Gasteiger partial charge < -0.3 is 9.84 Å². The first-order chi connectivity index (χ1) is 6.34. The molecule has 1 N–H and O–H groups in total. The Hall–Kier alpha value is -0.900. The van der Waals surface area contributed by atoms with E-state index in [-0.39, 0.29) is 24.2 Å². The van der Waals surface area contributed by atoms with E-state index in [1.807, 2.05) is 0 Å². The summed E-state index contributed by atoms with van der Waals surface area (Å²) >= 11 is 0. The summed E-state index contributed by atoms with van der Waals surface area (Å²) in [7, 11) is 0. The first kappa shape index (κ1) is 13.1. The Kier molecular flexibility index (Phi) is 5.38. The van der Waals surface area contributed by atoms with Crippen molar-refractivity contribution < 1.29 is 19.4 Å². The number of Topliss-reactive ketones (excluding diaryl/α,β-unsaturated/α-hetero) is 1. The number of hydrogen-bond acceptors (Lipinski definition) is 3. The Labute approximate surface area is 84.3 Å². The summed E-state index contributed by atoms with van der Waals surface area (Å²) in [6.07, 6.45) is -1.24. The summed E-state index contributed by atoms with van der Waals surface area (Å²) in [5.41, 5.74) is 0. The molecule has 0 aliphatic rings. The normalized spacial score (nSPS) is 13.3. The Morgan fingerprint density at radius 3 is 2.00 bits per heavy atom. The molecular formula is C10H18O4. The van der Waals surface area contributed by atoms with Gasteiger partial charge in [-0.05, 0) is 13.8 Å². The minimum atomic E-state index is -1.08. The van der Waals surface area contributed by atoms with Gasteiger partial charge in [-0.15, -0.1) is 0 Å². The first-order valence-corrected chi connectivity index (χ1v) is 4.75. The third-order valence-electron chi connectivity index (χ3n) is 1.74. The van der Waals surface area contributed by atoms with Gasteiger partial charge in [-0.2, -0.15) is 0 Å². The highest BCUT2D eigenvalue weighted by atomic mass is 16.5. The molecular weight excluding hydrogens is 184 g/mol. The van der Waals surface area contributed by atoms with Crippen LogP contribution in [0.3, 0.4) is 0 Å². The van der Waals surface area contributed by atoms with Crippen LogP contribution in [0.1, 0.15) is 34.1 Å². The second-order valence-corrected chi connectivity index (χ2v) is 3.84. The van der Waals surface area contributed by atoms with Crippen molar-refractivity contribution in [2.75, 3.05) is 0 Å². The number of aliphatic carboxylic acids is 1. The Bertz CT molecular complexity index is 208. The topological polar surface area (TPSA) is 63.6 Å². The number of hydrogen-bond donors (Lipinski definition) is 1. The van der Waals surface area contributed by atoms with Gasteiger partial charge in [-0.25, -0.2) is 4.79 Å². The molecule has 0 aromatic heterocycles. The molecule has 4 heteroatoms. The molecule has 0 aromatic rings. The maximum atomic E-state index is 11.3. The van der Waals surface area contributed by atoms with Crippen molar-refractivity contribution in [3.63, 3.8) is 0 Å². The molecule has 1 atom stereocenters. The molecule has 0 rings (SSSR count). The van der Waals surface area contributed by atoms with Crippen LogP contribution in [-0.4, -0.2) is 29.1 Å². The van der Waals surface area contributed by atoms with Crippen LogP contribution < -0.4 is 0 Å². The molecule has 0 radical (unpaired) electrons. The van der Waals surface area contributed by atoms with Gasteiger partial charge in [0.2, 0.25) is 0 Å². The van der Waals surface area contributed by atoms with Crippen molar-refractivity contribution >= 4 is 11.8 Å². The van der Waals surface area contributed by atoms with E-state index in [9.17, 15) is 9.59 Å². The molecule has 14 heavy (non-hydrogen) atoms. The molecule has 0 heterocycles. The molecule has 0 bridgehead atoms. The van der Waals surface area contributed by atoms with Gasteiger partial charge in [-0.3, -0.25) is 4.79 Å². The third kappa shape index (κ3) is 4.97. The molecule has 0 saturated carbocycles. The lowest BCUT2D eigenvalue weighted by atomic mass is 10.0. The van der Waals surface area contributed by atoms with Gasteiger partial charge >= 0.3 is 5.97 Å². The first-order valence-electron chi connectivity index (χ1n) is 4.75. The summed E-state index contributed by atoms with van der Waals surface area (Å²) in [6.45, 7) is 6.98. The molecule has 1 unspecified atom stereocenters. The molecule has 0 spiro atoms. The van der Waals surface area contributed by atoms with E-state index < -0.39 is 12.1 Å². The summed E-state index contributed by atoms with van der Waals surface area (Å²) in [5.74, 6) is -1.31. The lowest BCUT2D eigenvalue weighted by molar-refractivity contribution is -0.156. The SMILES string of the molecule is CC(C)OC(CC(=O)C(C)C)C(=O)O. The molecule has 0 fully saturated rings. The number of carboxylic acids is 1. The third-order valence-corrected chi connectivity index (χ3v) is 1.74. The van der Waals surface area contributed by atoms with E-state index in [0.717, 1.165) is 0 Å². The van der Waals surface area contributed by atoms with Crippen molar-refractivity contribution in [3.8, 4) is 0 Å². The summed E-state index contributed by atoms with van der Waals surface area (Å²) in [4.78, 5) is 22.0. The van der Waals surface area contributed by atoms with Crippen LogP contribution in [0, 0.1) is 5.92 Å². The Balaban J connectivity index is 4.23. The number of rotatable bonds is 6. The van der Waals surface area contributed by atoms with Gasteiger partial charge in [0.15, 0.2) is 6.10 Å². The average Bonchev–Trinajstić information content (AvgIpc) is 2.01. The van der Waals surface area contributed by atoms with Crippen molar-refractivity contribution in [2.45, 2.75) is 46.3 Å². The number of carbonyl (C=O) groups is 2. The Morgan fingerprint density at radius 2 is 1.71 bits per heavy atom. The highest BCUT2D eigenvalue weighted by molar-refractivity contribution is 5.86. The highest BCUT2D eigenvalue weighted by Gasteiger charge is 2.24. The number of ether oxygens (including phenoxy) is 1. The maximum Gasteiger partial charge on any atom is 0.333 e. The number of carbonyl (C=O) groups excluding carboxylic acids is 1. The van der Waals surface area contributed by atoms with Crippen LogP contribution in [0.5, 0.6) is 0 Å². The van der Waals surface area contributed by atoms with Crippen LogP contribution in [-0.2, 0) is 14.3 Å². The van der Waals surface area contributed by atoms with E-state index in [1.165, 1.54) is 0 Å². The van der Waals surface area contributed by atoms with E-state index in [4.69, 9.17) is 9.84 Å². The van der Waals surface area contributed by atoms with E-state index >= 15 is 0 Å². The lowest BCUT2D eigenvalue weighted by Gasteiger charge is -2.16. The van der Waals surface area contributed by atoms with E-state index in [2.05, 4.69) is 0 Å². The van der Waals surface area contributed by atoms with Gasteiger partial charge in [0.05, 0.1) is 6.10 Å². The van der Waals surface area contributed by atoms with Crippen LogP contribution in [0.15, 0.2) is 0 Å². The summed E-state index contributed by atoms with van der Waals surface area (Å²) in [6, 6.07) is 0. The monoisotopic (exact) mass is 202 g/mol. The van der Waals surface area contributed by atoms with E-state index in [1.54, 1.807) is 27.7 Å². The van der Waals surface area contributed by atoms with Crippen LogP contribution in [0.2, 0.25) is 0 Å². The minimum absolute atomic E-state index is 0.0504. The molecule has 0 aromatic carbocycles. The second-order valence-electron chi connectivity index (χ2n) is 3.84. The molecule has 0 saturated heterocycles. The Morgan fingerprint density at radius 1 is 1.21 bits per heavy atom. The lowest BCUT2D eigenvalue weighted by Crippen LogP contribution is -2.30. The zero-order valence-corrected chi connectivity index (χ0v) is 9.11. The van der Waals surface area contributed by atoms with Crippen LogP contribution in [0.4, 0.5) is 0 Å². The van der Waals surface area contributed by atoms with Crippen molar-refractivity contribution in [1.29, 1.82) is 0 Å². The predicted molar refractivity (Wildman–Crippen MR) is 52.1 cm³/mol. The minimum Gasteiger partial charge on any atom is -0.479 e. The second kappa shape index (κ2) is 5.75. The zero-order valence-electron chi connectivity index (χ0n) is 9.11. The van der Waals surface area contributed by atoms with Crippen molar-refractivity contribution in [2.24, 2.45) is 5.92 Å². The predicted octanol–water partition coefficient (Wildman–Crippen LogP) is 1.48. The maximum absolute atomic E-state index is 11.3. The number of ketones is 1. The van der Waals surface area contributed by atoms with Gasteiger partial charge in [0, 0.05) is 12.3 Å². The zero-order chi connectivity index (χ0) is 11.3. The standard InChI is InChI=1S/C10H18O4/c1-6(2)8(11)5-9(10(12)13)14-7(3)4/h6-7,9H,5H2,1-4H3,(H,12,13). The summed E-state index contributed by atoms with van der Waals surface area (Å²) < 4.78 is 5.11. The fourth-order valence-corrected chi connectivity index (χ4v) is 0.941. The molecule has 0 aliphatic carbocycles. The molecule has 4 nitrogen and oxygen atoms in total. The quantitative estimate of drug-likeness (QED) is 0.708. The molecule has 0 aliphatic heterocycles. The molecule has 82 valence electrons. The van der Waals surface area contributed by atoms with Gasteiger partial charge in [0.1, 0.15) is 5.78 Å². The van der Waals surface area contributed by atoms with Crippen molar-refractivity contribution in [3.05, 3.63) is 0 Å². The number of carboxylic acid groups (broad SMARTS) is 1. The molecule has 0 amide bonds. The van der Waals surface area contributed by atoms with E-state index in [0.29, 0.717) is 0 Å².